The Balaban J connectivity index is 1.35. The number of aliphatic hydroxyl groups is 1. The van der Waals surface area contributed by atoms with E-state index in [1.165, 1.54) is 12.1 Å². The van der Waals surface area contributed by atoms with E-state index >= 15 is 0 Å². The predicted octanol–water partition coefficient (Wildman–Crippen LogP) is 4.52. The van der Waals surface area contributed by atoms with Crippen molar-refractivity contribution in [1.82, 2.24) is 19.9 Å². The van der Waals surface area contributed by atoms with E-state index in [1.807, 2.05) is 6.07 Å². The van der Waals surface area contributed by atoms with Gasteiger partial charge in [0.05, 0.1) is 41.5 Å². The number of hydrogen-bond donors (Lipinski definition) is 3. The molecule has 0 radical (unpaired) electrons. The van der Waals surface area contributed by atoms with Crippen molar-refractivity contribution in [2.75, 3.05) is 13.2 Å². The maximum atomic E-state index is 14.5. The van der Waals surface area contributed by atoms with Gasteiger partial charge in [-0.3, -0.25) is 9.59 Å². The van der Waals surface area contributed by atoms with Gasteiger partial charge in [-0.25, -0.2) is 13.9 Å². The monoisotopic (exact) mass is 591 g/mol. The van der Waals surface area contributed by atoms with Gasteiger partial charge in [-0.05, 0) is 74.9 Å². The van der Waals surface area contributed by atoms with Gasteiger partial charge in [0.1, 0.15) is 22.9 Å². The quantitative estimate of drug-likeness (QED) is 0.235. The molecule has 2 aliphatic rings. The van der Waals surface area contributed by atoms with Crippen LogP contribution in [0.15, 0.2) is 48.7 Å². The molecule has 3 heterocycles. The van der Waals surface area contributed by atoms with Gasteiger partial charge in [0.15, 0.2) is 0 Å². The summed E-state index contributed by atoms with van der Waals surface area (Å²) in [4.78, 5) is 30.0. The summed E-state index contributed by atoms with van der Waals surface area (Å²) in [7, 11) is 0. The number of aromatic nitrogens is 3. The molecule has 0 unspecified atom stereocenters. The van der Waals surface area contributed by atoms with Crippen LogP contribution in [-0.2, 0) is 16.8 Å². The highest BCUT2D eigenvalue weighted by molar-refractivity contribution is 6.30. The van der Waals surface area contributed by atoms with Gasteiger partial charge < -0.3 is 20.9 Å². The molecule has 11 heteroatoms. The Bertz CT molecular complexity index is 1700. The Morgan fingerprint density at radius 1 is 1.19 bits per heavy atom. The van der Waals surface area contributed by atoms with E-state index in [-0.39, 0.29) is 53.6 Å². The number of rotatable bonds is 11. The van der Waals surface area contributed by atoms with E-state index in [0.717, 1.165) is 36.9 Å². The molecule has 0 saturated heterocycles. The third kappa shape index (κ3) is 5.56. The van der Waals surface area contributed by atoms with Crippen molar-refractivity contribution in [2.45, 2.75) is 50.5 Å². The third-order valence-electron chi connectivity index (χ3n) is 7.85. The Morgan fingerprint density at radius 3 is 2.64 bits per heavy atom. The maximum Gasteiger partial charge on any atom is 0.251 e. The van der Waals surface area contributed by atoms with Gasteiger partial charge >= 0.3 is 0 Å². The maximum absolute atomic E-state index is 14.5. The van der Waals surface area contributed by atoms with E-state index in [1.54, 1.807) is 41.9 Å². The molecule has 218 valence electrons. The molecule has 1 atom stereocenters. The Kier molecular flexibility index (Phi) is 7.36. The lowest BCUT2D eigenvalue weighted by Crippen LogP contribution is -2.43. The van der Waals surface area contributed by atoms with Crippen LogP contribution in [0, 0.1) is 11.7 Å². The second kappa shape index (κ2) is 11.0. The third-order valence-corrected chi connectivity index (χ3v) is 8.16. The lowest BCUT2D eigenvalue weighted by Gasteiger charge is -2.30. The zero-order valence-corrected chi connectivity index (χ0v) is 23.8. The summed E-state index contributed by atoms with van der Waals surface area (Å²) in [6, 6.07) is 11.3. The first-order chi connectivity index (χ1) is 20.2. The molecule has 0 bridgehead atoms. The minimum absolute atomic E-state index is 0.0553. The number of primary amides is 1. The van der Waals surface area contributed by atoms with Crippen LogP contribution in [0.4, 0.5) is 4.39 Å². The number of nitrogens with zero attached hydrogens (tertiary/aromatic N) is 3. The summed E-state index contributed by atoms with van der Waals surface area (Å²) in [6.07, 6.45) is 5.28. The number of nitrogens with one attached hydrogen (secondary N) is 1. The average molecular weight is 592 g/mol. The first-order valence-corrected chi connectivity index (χ1v) is 14.4. The summed E-state index contributed by atoms with van der Waals surface area (Å²) >= 11 is 5.92. The Morgan fingerprint density at radius 2 is 1.98 bits per heavy atom. The van der Waals surface area contributed by atoms with Crippen LogP contribution >= 0.6 is 11.6 Å². The number of benzene rings is 1. The normalized spacial score (nSPS) is 16.3. The summed E-state index contributed by atoms with van der Waals surface area (Å²) in [5.74, 6) is -1.03. The standard InChI is InChI=1S/C31H31ClFN5O4/c1-2-42-29-20(14-27(34)39)13-26(36-28(29)18-5-8-23(32)24(33)12-18)31(41,21-6-7-21)16-35-30(40)19-9-10-38-22(11-19)15-25(37-38)17-3-4-17/h5,8-13,15,17,21,41H,2-4,6-7,14,16H2,1H3,(H2,34,39)(H,35,40)/t31-/m1/s1. The SMILES string of the molecule is CCOc1c(CC(N)=O)cc([C@@](O)(CNC(=O)c2ccn3nc(C4CC4)cc3c2)C2CC2)nc1-c1ccc(Cl)c(F)c1. The highest BCUT2D eigenvalue weighted by Crippen LogP contribution is 2.47. The smallest absolute Gasteiger partial charge is 0.251 e. The number of halogens is 2. The average Bonchev–Trinajstić information content (AvgIpc) is 3.90. The number of nitrogens with two attached hydrogens (primary N) is 1. The molecule has 1 aromatic carbocycles. The zero-order chi connectivity index (χ0) is 29.6. The largest absolute Gasteiger partial charge is 0.491 e. The van der Waals surface area contributed by atoms with Crippen molar-refractivity contribution in [3.05, 3.63) is 82.0 Å². The van der Waals surface area contributed by atoms with Gasteiger partial charge in [-0.1, -0.05) is 17.7 Å². The van der Waals surface area contributed by atoms with E-state index < -0.39 is 17.3 Å². The molecule has 42 heavy (non-hydrogen) atoms. The van der Waals surface area contributed by atoms with Gasteiger partial charge in [-0.2, -0.15) is 5.10 Å². The summed E-state index contributed by atoms with van der Waals surface area (Å²) in [5, 5.41) is 19.5. The van der Waals surface area contributed by atoms with Crippen LogP contribution < -0.4 is 15.8 Å². The van der Waals surface area contributed by atoms with E-state index in [0.29, 0.717) is 22.6 Å². The molecule has 0 aliphatic heterocycles. The van der Waals surface area contributed by atoms with Crippen LogP contribution in [0.2, 0.25) is 5.02 Å². The second-order valence-electron chi connectivity index (χ2n) is 11.1. The molecule has 2 aliphatic carbocycles. The van der Waals surface area contributed by atoms with Gasteiger partial charge in [0.25, 0.3) is 5.91 Å². The Hall–Kier alpha value is -4.02. The molecule has 3 aromatic heterocycles. The fraction of sp³-hybridized carbons (Fsp3) is 0.355. The summed E-state index contributed by atoms with van der Waals surface area (Å²) in [5.41, 5.74) is 7.52. The van der Waals surface area contributed by atoms with Crippen molar-refractivity contribution in [3.8, 4) is 17.0 Å². The lowest BCUT2D eigenvalue weighted by molar-refractivity contribution is -0.117. The number of fused-ring (bicyclic) bond motifs is 1. The first kappa shape index (κ1) is 28.1. The Labute approximate surface area is 246 Å². The first-order valence-electron chi connectivity index (χ1n) is 14.1. The molecule has 2 amide bonds. The minimum Gasteiger partial charge on any atom is -0.491 e. The summed E-state index contributed by atoms with van der Waals surface area (Å²) < 4.78 is 22.1. The number of hydrogen-bond acceptors (Lipinski definition) is 6. The number of carbonyl (C=O) groups is 2. The fourth-order valence-corrected chi connectivity index (χ4v) is 5.45. The number of pyridine rings is 2. The zero-order valence-electron chi connectivity index (χ0n) is 23.1. The van der Waals surface area contributed by atoms with Crippen molar-refractivity contribution in [2.24, 2.45) is 11.7 Å². The molecule has 2 saturated carbocycles. The van der Waals surface area contributed by atoms with Crippen LogP contribution in [-0.4, -0.2) is 44.7 Å². The molecular formula is C31H31ClFN5O4. The van der Waals surface area contributed by atoms with Crippen LogP contribution in [0.1, 0.15) is 65.8 Å². The van der Waals surface area contributed by atoms with Crippen LogP contribution in [0.25, 0.3) is 16.8 Å². The molecule has 6 rings (SSSR count). The molecule has 9 nitrogen and oxygen atoms in total. The van der Waals surface area contributed by atoms with E-state index in [4.69, 9.17) is 27.1 Å². The van der Waals surface area contributed by atoms with E-state index in [9.17, 15) is 19.1 Å². The summed E-state index contributed by atoms with van der Waals surface area (Å²) in [6.45, 7) is 1.90. The van der Waals surface area contributed by atoms with Crippen LogP contribution in [0.5, 0.6) is 5.75 Å². The van der Waals surface area contributed by atoms with Crippen molar-refractivity contribution >= 4 is 28.9 Å². The van der Waals surface area contributed by atoms with Gasteiger partial charge in [-0.15, -0.1) is 0 Å². The predicted molar refractivity (Wildman–Crippen MR) is 155 cm³/mol. The number of ether oxygens (including phenoxy) is 1. The van der Waals surface area contributed by atoms with Gasteiger partial charge in [0.2, 0.25) is 5.91 Å². The highest BCUT2D eigenvalue weighted by Gasteiger charge is 2.47. The second-order valence-corrected chi connectivity index (χ2v) is 11.5. The minimum atomic E-state index is -1.56. The fourth-order valence-electron chi connectivity index (χ4n) is 5.33. The molecule has 4 aromatic rings. The molecule has 0 spiro atoms. The van der Waals surface area contributed by atoms with E-state index in [2.05, 4.69) is 10.4 Å². The lowest BCUT2D eigenvalue weighted by atomic mass is 9.90. The van der Waals surface area contributed by atoms with Crippen LogP contribution in [0.3, 0.4) is 0 Å². The van der Waals surface area contributed by atoms with Crippen molar-refractivity contribution in [3.63, 3.8) is 0 Å². The number of carbonyl (C=O) groups excluding carboxylic acids is 2. The van der Waals surface area contributed by atoms with Crippen molar-refractivity contribution in [1.29, 1.82) is 0 Å². The highest BCUT2D eigenvalue weighted by atomic mass is 35.5. The van der Waals surface area contributed by atoms with Gasteiger partial charge in [0, 0.05) is 28.8 Å². The molecule has 2 fully saturated rings. The topological polar surface area (TPSA) is 132 Å². The molecule has 4 N–H and O–H groups in total. The van der Waals surface area contributed by atoms with Crippen molar-refractivity contribution < 1.29 is 23.8 Å². The molecular weight excluding hydrogens is 561 g/mol. The number of amides is 2.